The number of alkyl halides is 4. The van der Waals surface area contributed by atoms with Crippen LogP contribution in [0.2, 0.25) is 0 Å². The molecule has 0 spiro atoms. The van der Waals surface area contributed by atoms with E-state index < -0.39 is 3.25 Å². The summed E-state index contributed by atoms with van der Waals surface area (Å²) in [4.78, 5) is 0. The van der Waals surface area contributed by atoms with Crippen LogP contribution in [0, 0.1) is 0 Å². The van der Waals surface area contributed by atoms with Gasteiger partial charge in [0.05, 0.1) is 6.78 Å². The Morgan fingerprint density at radius 2 is 0.818 bits per heavy atom. The van der Waals surface area contributed by atoms with E-state index in [9.17, 15) is 0 Å². The van der Waals surface area contributed by atoms with Gasteiger partial charge in [-0.1, -0.05) is 46.4 Å². The molecule has 0 saturated carbocycles. The highest BCUT2D eigenvalue weighted by Gasteiger charge is 2.11. The minimum absolute atomic E-state index is 0.884. The first-order chi connectivity index (χ1) is 4.64. The topological polar surface area (TPSA) is 0 Å². The highest BCUT2D eigenvalue weighted by atomic mass is 79.9. The van der Waals surface area contributed by atoms with Crippen LogP contribution in [-0.2, 0) is 0 Å². The van der Waals surface area contributed by atoms with Gasteiger partial charge in [-0.2, -0.15) is 0 Å². The third-order valence-electron chi connectivity index (χ3n) is 0.143. The van der Waals surface area contributed by atoms with Crippen LogP contribution in [0.5, 0.6) is 0 Å². The molecule has 0 fully saturated rings. The molecule has 0 aliphatic carbocycles. The lowest BCUT2D eigenvalue weighted by Crippen LogP contribution is -1.81. The van der Waals surface area contributed by atoms with Crippen LogP contribution in [-0.4, -0.2) is 3.25 Å². The van der Waals surface area contributed by atoms with Crippen molar-refractivity contribution >= 4 is 110 Å². The first-order valence-corrected chi connectivity index (χ1v) is 6.45. The van der Waals surface area contributed by atoms with Gasteiger partial charge in [0.2, 0.25) is 0 Å². The van der Waals surface area contributed by atoms with Crippen LogP contribution in [0.25, 0.3) is 0 Å². The summed E-state index contributed by atoms with van der Waals surface area (Å²) in [6, 6.07) is 0. The van der Waals surface area contributed by atoms with Crippen LogP contribution in [0.4, 0.5) is 0 Å². The van der Waals surface area contributed by atoms with Crippen molar-refractivity contribution in [1.82, 2.24) is 0 Å². The average Bonchev–Trinajstić information content (AvgIpc) is 1.59. The van der Waals surface area contributed by atoms with Crippen molar-refractivity contribution in [1.29, 1.82) is 0 Å². The first kappa shape index (κ1) is 16.3. The van der Waals surface area contributed by atoms with Gasteiger partial charge in [-0.3, -0.25) is 0 Å². The van der Waals surface area contributed by atoms with Gasteiger partial charge in [0.15, 0.2) is 0 Å². The maximum Gasteiger partial charge on any atom is 0.266 e. The second-order valence-electron chi connectivity index (χ2n) is 0.949. The van der Waals surface area contributed by atoms with Crippen molar-refractivity contribution in [3.63, 3.8) is 0 Å². The molecule has 0 aliphatic rings. The summed E-state index contributed by atoms with van der Waals surface area (Å²) in [7, 11) is 0. The molecule has 0 radical (unpaired) electrons. The Morgan fingerprint density at radius 3 is 0.818 bits per heavy atom. The minimum atomic E-state index is -1.61. The van der Waals surface area contributed by atoms with Crippen molar-refractivity contribution in [2.24, 2.45) is 0 Å². The first-order valence-electron chi connectivity index (χ1n) is 1.76. The molecule has 0 unspecified atom stereocenters. The summed E-state index contributed by atoms with van der Waals surface area (Å²) in [6.07, 6.45) is 0. The Balaban J connectivity index is 0. The molecule has 0 aromatic heterocycles. The molecule has 0 rings (SSSR count). The monoisotopic (exact) mass is 492 g/mol. The zero-order chi connectivity index (χ0) is 9.65. The standard InChI is InChI=1S/C2Br4.CCl4/c3-1(4)2(5)6;2-1(3,4)5. The van der Waals surface area contributed by atoms with Crippen LogP contribution >= 0.6 is 110 Å². The summed E-state index contributed by atoms with van der Waals surface area (Å²) in [5.41, 5.74) is 0. The highest BCUT2D eigenvalue weighted by Crippen LogP contribution is 2.29. The molecule has 0 N–H and O–H groups in total. The van der Waals surface area contributed by atoms with E-state index in [-0.39, 0.29) is 0 Å². The van der Waals surface area contributed by atoms with Crippen molar-refractivity contribution in [3.8, 4) is 0 Å². The molecule has 0 aromatic rings. The van der Waals surface area contributed by atoms with Crippen LogP contribution in [0.15, 0.2) is 6.78 Å². The zero-order valence-corrected chi connectivity index (χ0v) is 13.9. The third kappa shape index (κ3) is 32.3. The van der Waals surface area contributed by atoms with Crippen LogP contribution in [0.1, 0.15) is 0 Å². The molecule has 0 aromatic carbocycles. The molecule has 0 saturated heterocycles. The molecule has 0 amide bonds. The van der Waals surface area contributed by atoms with Crippen molar-refractivity contribution in [2.45, 2.75) is 3.25 Å². The van der Waals surface area contributed by atoms with Gasteiger partial charge in [-0.05, 0) is 63.7 Å². The molecule has 8 heteroatoms. The minimum Gasteiger partial charge on any atom is -0.0664 e. The van der Waals surface area contributed by atoms with Gasteiger partial charge in [0.1, 0.15) is 0 Å². The van der Waals surface area contributed by atoms with Crippen LogP contribution in [0.3, 0.4) is 0 Å². The van der Waals surface area contributed by atoms with Crippen molar-refractivity contribution < 1.29 is 0 Å². The Labute approximate surface area is 118 Å². The quantitative estimate of drug-likeness (QED) is 0.348. The Kier molecular flexibility index (Phi) is 12.1. The number of hydrogen-bond donors (Lipinski definition) is 0. The normalized spacial score (nSPS) is 9.82. The molecule has 0 nitrogen and oxygen atoms in total. The van der Waals surface area contributed by atoms with E-state index in [0.29, 0.717) is 0 Å². The number of rotatable bonds is 0. The summed E-state index contributed by atoms with van der Waals surface area (Å²) in [5.74, 6) is 0. The number of halogens is 8. The maximum atomic E-state index is 4.83. The van der Waals surface area contributed by atoms with Gasteiger partial charge in [-0.25, -0.2) is 0 Å². The van der Waals surface area contributed by atoms with Gasteiger partial charge < -0.3 is 0 Å². The average molecular weight is 497 g/mol. The van der Waals surface area contributed by atoms with Crippen LogP contribution < -0.4 is 0 Å². The van der Waals surface area contributed by atoms with Gasteiger partial charge in [-0.15, -0.1) is 0 Å². The summed E-state index contributed by atoms with van der Waals surface area (Å²) < 4.78 is 0.157. The predicted octanol–water partition coefficient (Wildman–Crippen LogP) is 6.25. The van der Waals surface area contributed by atoms with E-state index in [1.807, 2.05) is 0 Å². The molecule has 11 heavy (non-hydrogen) atoms. The van der Waals surface area contributed by atoms with Crippen molar-refractivity contribution in [2.75, 3.05) is 0 Å². The van der Waals surface area contributed by atoms with E-state index in [2.05, 4.69) is 63.7 Å². The van der Waals surface area contributed by atoms with Gasteiger partial charge in [0, 0.05) is 0 Å². The molecule has 0 heterocycles. The SMILES string of the molecule is BrC(Br)=C(Br)Br.ClC(Cl)(Cl)Cl. The second kappa shape index (κ2) is 8.16. The molecule has 0 atom stereocenters. The van der Waals surface area contributed by atoms with E-state index in [1.54, 1.807) is 0 Å². The third-order valence-corrected chi connectivity index (χ3v) is 3.86. The highest BCUT2D eigenvalue weighted by molar-refractivity contribution is 9.32. The molecule has 0 bridgehead atoms. The van der Waals surface area contributed by atoms with E-state index in [4.69, 9.17) is 46.4 Å². The predicted molar refractivity (Wildman–Crippen MR) is 68.9 cm³/mol. The molecule has 0 aliphatic heterocycles. The van der Waals surface area contributed by atoms with Gasteiger partial charge in [0.25, 0.3) is 3.25 Å². The fraction of sp³-hybridized carbons (Fsp3) is 0.333. The van der Waals surface area contributed by atoms with E-state index in [1.165, 1.54) is 0 Å². The van der Waals surface area contributed by atoms with Crippen molar-refractivity contribution in [3.05, 3.63) is 6.78 Å². The fourth-order valence-corrected chi connectivity index (χ4v) is 0. The maximum absolute atomic E-state index is 4.83. The zero-order valence-electron chi connectivity index (χ0n) is 4.52. The lowest BCUT2D eigenvalue weighted by atomic mass is 11.3. The lowest BCUT2D eigenvalue weighted by Gasteiger charge is -1.91. The second-order valence-corrected chi connectivity index (χ2v) is 9.68. The summed E-state index contributed by atoms with van der Waals surface area (Å²) in [5, 5.41) is 0. The lowest BCUT2D eigenvalue weighted by molar-refractivity contribution is 1.76. The molecular formula is C3Br4Cl4. The summed E-state index contributed by atoms with van der Waals surface area (Å²) in [6.45, 7) is 0. The Hall–Kier alpha value is 2.82. The van der Waals surface area contributed by atoms with E-state index >= 15 is 0 Å². The smallest absolute Gasteiger partial charge is 0.0664 e. The summed E-state index contributed by atoms with van der Waals surface area (Å²) >= 11 is 31.9. The number of hydrogen-bond acceptors (Lipinski definition) is 0. The van der Waals surface area contributed by atoms with E-state index in [0.717, 1.165) is 6.78 Å². The Morgan fingerprint density at radius 1 is 0.727 bits per heavy atom. The Bertz CT molecular complexity index is 115. The molecular weight excluding hydrogens is 497 g/mol. The fourth-order valence-electron chi connectivity index (χ4n) is 0. The van der Waals surface area contributed by atoms with Gasteiger partial charge >= 0.3 is 0 Å². The largest absolute Gasteiger partial charge is 0.266 e. The molecule has 68 valence electrons.